The fourth-order valence-corrected chi connectivity index (χ4v) is 6.37. The van der Waals surface area contributed by atoms with Crippen LogP contribution in [0.5, 0.6) is 11.5 Å². The number of aryl methyl sites for hydroxylation is 2. The minimum absolute atomic E-state index is 0.0233. The van der Waals surface area contributed by atoms with Crippen LogP contribution in [-0.4, -0.2) is 31.1 Å². The molecule has 0 aliphatic rings. The summed E-state index contributed by atoms with van der Waals surface area (Å²) in [5.74, 6) is -2.25. The van der Waals surface area contributed by atoms with Gasteiger partial charge in [0.1, 0.15) is 17.1 Å². The van der Waals surface area contributed by atoms with Crippen LogP contribution in [-0.2, 0) is 27.1 Å². The number of halogens is 2. The number of hydrogen-bond acceptors (Lipinski definition) is 6. The Hall–Kier alpha value is -4.49. The number of nitrogens with one attached hydrogen (secondary N) is 1. The quantitative estimate of drug-likeness (QED) is 0.251. The van der Waals surface area contributed by atoms with E-state index in [2.05, 4.69) is 4.72 Å². The van der Waals surface area contributed by atoms with E-state index >= 15 is 0 Å². The first-order valence-electron chi connectivity index (χ1n) is 12.6. The number of rotatable bonds is 8. The largest absolute Gasteiger partial charge is 0.454 e. The van der Waals surface area contributed by atoms with Gasteiger partial charge in [0.25, 0.3) is 15.6 Å². The van der Waals surface area contributed by atoms with E-state index in [1.165, 1.54) is 67.3 Å². The van der Waals surface area contributed by atoms with E-state index in [1.54, 1.807) is 12.1 Å². The SMILES string of the molecule is CCS(=O)(=O)Nc1ccc(Oc2ccc(F)cc2F)c(-c2cn(C)c(=O)c3c2ccn3S(=O)(=O)c2ccc(C)cc2)c1. The number of hydrogen-bond donors (Lipinski definition) is 1. The zero-order valence-corrected chi connectivity index (χ0v) is 24.3. The van der Waals surface area contributed by atoms with Gasteiger partial charge in [0.05, 0.1) is 10.6 Å². The Morgan fingerprint density at radius 1 is 0.881 bits per heavy atom. The Kier molecular flexibility index (Phi) is 7.41. The molecule has 218 valence electrons. The molecule has 0 atom stereocenters. The van der Waals surface area contributed by atoms with E-state index in [0.29, 0.717) is 11.6 Å². The predicted octanol–water partition coefficient (Wildman–Crippen LogP) is 5.38. The summed E-state index contributed by atoms with van der Waals surface area (Å²) in [4.78, 5) is 13.3. The lowest BCUT2D eigenvalue weighted by Gasteiger charge is -2.16. The van der Waals surface area contributed by atoms with Gasteiger partial charge in [-0.05, 0) is 62.4 Å². The lowest BCUT2D eigenvalue weighted by atomic mass is 10.0. The second-order valence-electron chi connectivity index (χ2n) is 9.54. The maximum atomic E-state index is 14.5. The summed E-state index contributed by atoms with van der Waals surface area (Å²) in [6, 6.07) is 14.6. The average Bonchev–Trinajstić information content (AvgIpc) is 3.40. The van der Waals surface area contributed by atoms with E-state index in [1.807, 2.05) is 6.92 Å². The maximum absolute atomic E-state index is 14.5. The van der Waals surface area contributed by atoms with Crippen LogP contribution in [0.25, 0.3) is 22.0 Å². The van der Waals surface area contributed by atoms with Gasteiger partial charge in [-0.25, -0.2) is 29.6 Å². The molecule has 42 heavy (non-hydrogen) atoms. The van der Waals surface area contributed by atoms with E-state index < -0.39 is 37.2 Å². The van der Waals surface area contributed by atoms with Crippen molar-refractivity contribution in [1.29, 1.82) is 0 Å². The third kappa shape index (κ3) is 5.40. The third-order valence-corrected chi connectivity index (χ3v) is 9.60. The van der Waals surface area contributed by atoms with Gasteiger partial charge in [-0.1, -0.05) is 17.7 Å². The molecule has 0 fully saturated rings. The molecule has 2 aromatic heterocycles. The Bertz CT molecular complexity index is 2120. The van der Waals surface area contributed by atoms with Gasteiger partial charge in [0.2, 0.25) is 10.0 Å². The summed E-state index contributed by atoms with van der Waals surface area (Å²) in [6.45, 7) is 3.28. The molecule has 0 bridgehead atoms. The highest BCUT2D eigenvalue weighted by molar-refractivity contribution is 7.92. The van der Waals surface area contributed by atoms with Crippen molar-refractivity contribution < 1.29 is 30.4 Å². The highest BCUT2D eigenvalue weighted by Crippen LogP contribution is 2.40. The molecule has 13 heteroatoms. The fraction of sp³-hybridized carbons (Fsp3) is 0.138. The van der Waals surface area contributed by atoms with Gasteiger partial charge in [-0.3, -0.25) is 9.52 Å². The van der Waals surface area contributed by atoms with Crippen molar-refractivity contribution in [3.63, 3.8) is 0 Å². The van der Waals surface area contributed by atoms with Crippen LogP contribution in [0.3, 0.4) is 0 Å². The molecule has 0 saturated carbocycles. The smallest absolute Gasteiger partial charge is 0.275 e. The Labute approximate surface area is 240 Å². The van der Waals surface area contributed by atoms with Crippen molar-refractivity contribution in [3.05, 3.63) is 107 Å². The number of nitrogens with zero attached hydrogens (tertiary/aromatic N) is 2. The molecule has 9 nitrogen and oxygen atoms in total. The molecule has 0 spiro atoms. The highest BCUT2D eigenvalue weighted by atomic mass is 32.2. The van der Waals surface area contributed by atoms with Gasteiger partial charge in [0.15, 0.2) is 11.6 Å². The summed E-state index contributed by atoms with van der Waals surface area (Å²) in [5.41, 5.74) is 0.736. The Morgan fingerprint density at radius 2 is 1.57 bits per heavy atom. The van der Waals surface area contributed by atoms with Crippen molar-refractivity contribution in [2.24, 2.45) is 7.05 Å². The zero-order valence-electron chi connectivity index (χ0n) is 22.6. The lowest BCUT2D eigenvalue weighted by Crippen LogP contribution is -2.22. The number of anilines is 1. The first kappa shape index (κ1) is 29.0. The van der Waals surface area contributed by atoms with Crippen LogP contribution in [0.2, 0.25) is 0 Å². The van der Waals surface area contributed by atoms with Gasteiger partial charge in [0, 0.05) is 47.7 Å². The number of fused-ring (bicyclic) bond motifs is 1. The number of benzene rings is 3. The fourth-order valence-electron chi connectivity index (χ4n) is 4.39. The van der Waals surface area contributed by atoms with Crippen LogP contribution in [0.4, 0.5) is 14.5 Å². The molecule has 1 N–H and O–H groups in total. The summed E-state index contributed by atoms with van der Waals surface area (Å²) in [7, 11) is -6.44. The normalized spacial score (nSPS) is 12.0. The number of sulfonamides is 1. The maximum Gasteiger partial charge on any atom is 0.275 e. The average molecular weight is 614 g/mol. The van der Waals surface area contributed by atoms with Crippen LogP contribution in [0, 0.1) is 18.6 Å². The molecule has 0 aliphatic carbocycles. The minimum atomic E-state index is -4.19. The van der Waals surface area contributed by atoms with Crippen molar-refractivity contribution in [2.75, 3.05) is 10.5 Å². The highest BCUT2D eigenvalue weighted by Gasteiger charge is 2.24. The Morgan fingerprint density at radius 3 is 2.24 bits per heavy atom. The van der Waals surface area contributed by atoms with Crippen LogP contribution >= 0.6 is 0 Å². The molecule has 5 aromatic rings. The monoisotopic (exact) mass is 613 g/mol. The summed E-state index contributed by atoms with van der Waals surface area (Å²) in [5, 5.41) is 0.216. The molecule has 0 unspecified atom stereocenters. The van der Waals surface area contributed by atoms with Crippen molar-refractivity contribution in [1.82, 2.24) is 8.54 Å². The number of ether oxygens (including phenoxy) is 1. The van der Waals surface area contributed by atoms with Gasteiger partial charge in [-0.15, -0.1) is 0 Å². The first-order valence-corrected chi connectivity index (χ1v) is 15.7. The second kappa shape index (κ2) is 10.7. The van der Waals surface area contributed by atoms with Crippen LogP contribution in [0.1, 0.15) is 12.5 Å². The Balaban J connectivity index is 1.76. The zero-order chi connectivity index (χ0) is 30.4. The summed E-state index contributed by atoms with van der Waals surface area (Å²) < 4.78 is 90.2. The standard InChI is InChI=1S/C29H25F2N3O6S2/c1-4-41(36,37)32-20-8-12-26(40-27-11-7-19(30)15-25(27)31)23(16-20)24-17-33(3)29(35)28-22(24)13-14-34(28)42(38,39)21-9-5-18(2)6-10-21/h5-17,32H,4H2,1-3H3. The second-order valence-corrected chi connectivity index (χ2v) is 13.4. The topological polar surface area (TPSA) is 116 Å². The van der Waals surface area contributed by atoms with Crippen molar-refractivity contribution in [3.8, 4) is 22.6 Å². The van der Waals surface area contributed by atoms with Crippen molar-refractivity contribution in [2.45, 2.75) is 18.7 Å². The van der Waals surface area contributed by atoms with E-state index in [0.717, 1.165) is 21.7 Å². The summed E-state index contributed by atoms with van der Waals surface area (Å²) in [6.07, 6.45) is 2.70. The van der Waals surface area contributed by atoms with Crippen LogP contribution < -0.4 is 15.0 Å². The van der Waals surface area contributed by atoms with Gasteiger partial charge in [-0.2, -0.15) is 0 Å². The lowest BCUT2D eigenvalue weighted by molar-refractivity contribution is 0.439. The van der Waals surface area contributed by atoms with E-state index in [9.17, 15) is 30.4 Å². The minimum Gasteiger partial charge on any atom is -0.454 e. The molecule has 2 heterocycles. The number of pyridine rings is 1. The molecule has 0 radical (unpaired) electrons. The molecular weight excluding hydrogens is 588 g/mol. The summed E-state index contributed by atoms with van der Waals surface area (Å²) >= 11 is 0. The predicted molar refractivity (Wildman–Crippen MR) is 156 cm³/mol. The number of aromatic nitrogens is 2. The van der Waals surface area contributed by atoms with E-state index in [4.69, 9.17) is 4.74 Å². The molecule has 3 aromatic carbocycles. The third-order valence-electron chi connectivity index (χ3n) is 6.60. The molecule has 0 saturated heterocycles. The van der Waals surface area contributed by atoms with Crippen LogP contribution in [0.15, 0.2) is 88.8 Å². The van der Waals surface area contributed by atoms with Gasteiger partial charge >= 0.3 is 0 Å². The van der Waals surface area contributed by atoms with Crippen molar-refractivity contribution >= 4 is 36.6 Å². The van der Waals surface area contributed by atoms with E-state index in [-0.39, 0.29) is 44.3 Å². The first-order chi connectivity index (χ1) is 19.8. The molecular formula is C29H25F2N3O6S2. The molecule has 5 rings (SSSR count). The van der Waals surface area contributed by atoms with Gasteiger partial charge < -0.3 is 9.30 Å². The molecule has 0 aliphatic heterocycles. The molecule has 0 amide bonds.